The molecule has 0 amide bonds. The Labute approximate surface area is 144 Å². The van der Waals surface area contributed by atoms with E-state index in [-0.39, 0.29) is 19.6 Å². The molecule has 0 aromatic carbocycles. The van der Waals surface area contributed by atoms with E-state index in [0.29, 0.717) is 12.8 Å². The number of aliphatic hydroxyl groups excluding tert-OH is 2. The zero-order valence-corrected chi connectivity index (χ0v) is 15.1. The third-order valence-corrected chi connectivity index (χ3v) is 3.27. The van der Waals surface area contributed by atoms with Gasteiger partial charge in [-0.3, -0.25) is 9.59 Å². The summed E-state index contributed by atoms with van der Waals surface area (Å²) >= 11 is 0. The average Bonchev–Trinajstić information content (AvgIpc) is 2.52. The van der Waals surface area contributed by atoms with Crippen LogP contribution in [0.2, 0.25) is 0 Å². The predicted molar refractivity (Wildman–Crippen MR) is 91.3 cm³/mol. The van der Waals surface area contributed by atoms with Crippen molar-refractivity contribution in [2.75, 3.05) is 13.2 Å². The third kappa shape index (κ3) is 13.1. The van der Waals surface area contributed by atoms with Gasteiger partial charge in [0.2, 0.25) is 0 Å². The lowest BCUT2D eigenvalue weighted by Crippen LogP contribution is -2.26. The summed E-state index contributed by atoms with van der Waals surface area (Å²) in [7, 11) is 0. The Kier molecular flexibility index (Phi) is 13.2. The highest BCUT2D eigenvalue weighted by molar-refractivity contribution is 5.80. The Morgan fingerprint density at radius 1 is 1.00 bits per heavy atom. The van der Waals surface area contributed by atoms with Crippen molar-refractivity contribution in [2.45, 2.75) is 71.5 Å². The fourth-order valence-electron chi connectivity index (χ4n) is 1.95. The number of carbonyl (C=O) groups excluding carboxylic acids is 2. The molecule has 0 saturated carbocycles. The first-order chi connectivity index (χ1) is 11.4. The van der Waals surface area contributed by atoms with Crippen LogP contribution < -0.4 is 0 Å². The van der Waals surface area contributed by atoms with Gasteiger partial charge in [0.05, 0.1) is 24.5 Å². The number of unbranched alkanes of at least 4 members (excludes halogenated alkanes) is 2. The van der Waals surface area contributed by atoms with Gasteiger partial charge in [-0.1, -0.05) is 31.9 Å². The Hall–Kier alpha value is -1.40. The van der Waals surface area contributed by atoms with Crippen LogP contribution in [0.3, 0.4) is 0 Å². The van der Waals surface area contributed by atoms with Crippen molar-refractivity contribution in [3.63, 3.8) is 0 Å². The molecule has 0 rings (SSSR count). The van der Waals surface area contributed by atoms with Gasteiger partial charge in [-0.2, -0.15) is 0 Å². The largest absolute Gasteiger partial charge is 0.463 e. The van der Waals surface area contributed by atoms with E-state index in [9.17, 15) is 14.7 Å². The molecule has 0 aliphatic rings. The molecular weight excluding hydrogens is 312 g/mol. The van der Waals surface area contributed by atoms with E-state index in [1.54, 1.807) is 0 Å². The molecule has 3 unspecified atom stereocenters. The molecule has 0 aliphatic carbocycles. The minimum Gasteiger partial charge on any atom is -0.463 e. The van der Waals surface area contributed by atoms with Crippen molar-refractivity contribution < 1.29 is 29.3 Å². The lowest BCUT2D eigenvalue weighted by Gasteiger charge is -2.16. The van der Waals surface area contributed by atoms with Crippen molar-refractivity contribution in [1.29, 1.82) is 0 Å². The molecule has 0 radical (unpaired) electrons. The fourth-order valence-corrected chi connectivity index (χ4v) is 1.95. The maximum atomic E-state index is 12.1. The van der Waals surface area contributed by atoms with Gasteiger partial charge in [0.15, 0.2) is 0 Å². The van der Waals surface area contributed by atoms with Crippen molar-refractivity contribution in [3.05, 3.63) is 12.2 Å². The van der Waals surface area contributed by atoms with Gasteiger partial charge in [0.25, 0.3) is 0 Å². The lowest BCUT2D eigenvalue weighted by molar-refractivity contribution is -0.158. The zero-order chi connectivity index (χ0) is 18.4. The van der Waals surface area contributed by atoms with Gasteiger partial charge < -0.3 is 19.7 Å². The normalized spacial score (nSPS) is 15.0. The van der Waals surface area contributed by atoms with E-state index >= 15 is 0 Å². The Balaban J connectivity index is 4.44. The molecule has 0 fully saturated rings. The Bertz CT molecular complexity index is 376. The standard InChI is InChI=1S/C18H32O6/c1-4-5-6-7-8-9-10-16(18(22)24-13-15(3)20)11-17(21)23-12-14(2)19/h7-8,14-16,19-20H,4-6,9-13H2,1-3H3/b8-7+. The van der Waals surface area contributed by atoms with Crippen LogP contribution in [0.15, 0.2) is 12.2 Å². The summed E-state index contributed by atoms with van der Waals surface area (Å²) < 4.78 is 9.92. The average molecular weight is 344 g/mol. The first-order valence-corrected chi connectivity index (χ1v) is 8.70. The maximum absolute atomic E-state index is 12.1. The van der Waals surface area contributed by atoms with Crippen LogP contribution in [0.1, 0.15) is 59.3 Å². The molecule has 0 aromatic rings. The number of hydrogen-bond donors (Lipinski definition) is 2. The van der Waals surface area contributed by atoms with Crippen LogP contribution in [-0.4, -0.2) is 47.6 Å². The summed E-state index contributed by atoms with van der Waals surface area (Å²) in [5.74, 6) is -1.65. The molecule has 140 valence electrons. The number of rotatable bonds is 13. The van der Waals surface area contributed by atoms with E-state index < -0.39 is 30.1 Å². The molecule has 0 aliphatic heterocycles. The summed E-state index contributed by atoms with van der Waals surface area (Å²) in [6.07, 6.45) is 6.92. The molecule has 0 heterocycles. The highest BCUT2D eigenvalue weighted by atomic mass is 16.5. The second kappa shape index (κ2) is 14.0. The first-order valence-electron chi connectivity index (χ1n) is 8.70. The minimum absolute atomic E-state index is 0.0891. The molecule has 0 bridgehead atoms. The zero-order valence-electron chi connectivity index (χ0n) is 15.1. The highest BCUT2D eigenvalue weighted by Crippen LogP contribution is 2.16. The quantitative estimate of drug-likeness (QED) is 0.303. The number of allylic oxidation sites excluding steroid dienone is 2. The van der Waals surface area contributed by atoms with E-state index in [1.807, 2.05) is 6.08 Å². The Morgan fingerprint density at radius 3 is 2.17 bits per heavy atom. The van der Waals surface area contributed by atoms with Crippen molar-refractivity contribution in [2.24, 2.45) is 5.92 Å². The number of esters is 2. The number of ether oxygens (including phenoxy) is 2. The lowest BCUT2D eigenvalue weighted by atomic mass is 9.99. The first kappa shape index (κ1) is 22.6. The van der Waals surface area contributed by atoms with Gasteiger partial charge in [-0.05, 0) is 33.1 Å². The van der Waals surface area contributed by atoms with E-state index in [0.717, 1.165) is 19.3 Å². The van der Waals surface area contributed by atoms with Gasteiger partial charge in [-0.25, -0.2) is 0 Å². The van der Waals surface area contributed by atoms with Gasteiger partial charge in [0.1, 0.15) is 13.2 Å². The van der Waals surface area contributed by atoms with Crippen LogP contribution in [0.5, 0.6) is 0 Å². The van der Waals surface area contributed by atoms with Crippen molar-refractivity contribution in [1.82, 2.24) is 0 Å². The van der Waals surface area contributed by atoms with Gasteiger partial charge in [0, 0.05) is 0 Å². The molecular formula is C18H32O6. The second-order valence-electron chi connectivity index (χ2n) is 6.10. The third-order valence-electron chi connectivity index (χ3n) is 3.27. The summed E-state index contributed by atoms with van der Waals surface area (Å²) in [6.45, 7) is 4.98. The number of carbonyl (C=O) groups is 2. The molecule has 0 saturated heterocycles. The van der Waals surface area contributed by atoms with E-state index in [2.05, 4.69) is 13.0 Å². The molecule has 0 aromatic heterocycles. The van der Waals surface area contributed by atoms with Gasteiger partial charge in [-0.15, -0.1) is 0 Å². The topological polar surface area (TPSA) is 93.1 Å². The summed E-state index contributed by atoms with van der Waals surface area (Å²) in [5.41, 5.74) is 0. The molecule has 6 nitrogen and oxygen atoms in total. The highest BCUT2D eigenvalue weighted by Gasteiger charge is 2.24. The number of aliphatic hydroxyl groups is 2. The summed E-state index contributed by atoms with van der Waals surface area (Å²) in [5, 5.41) is 18.3. The SMILES string of the molecule is CCCC/C=C/CCC(CC(=O)OCC(C)O)C(=O)OCC(C)O. The van der Waals surface area contributed by atoms with Crippen molar-refractivity contribution in [3.8, 4) is 0 Å². The maximum Gasteiger partial charge on any atom is 0.309 e. The smallest absolute Gasteiger partial charge is 0.309 e. The molecule has 6 heteroatoms. The van der Waals surface area contributed by atoms with E-state index in [4.69, 9.17) is 14.6 Å². The van der Waals surface area contributed by atoms with Gasteiger partial charge >= 0.3 is 11.9 Å². The molecule has 2 N–H and O–H groups in total. The monoisotopic (exact) mass is 344 g/mol. The number of hydrogen-bond acceptors (Lipinski definition) is 6. The Morgan fingerprint density at radius 2 is 1.58 bits per heavy atom. The molecule has 24 heavy (non-hydrogen) atoms. The summed E-state index contributed by atoms with van der Waals surface area (Å²) in [4.78, 5) is 23.8. The summed E-state index contributed by atoms with van der Waals surface area (Å²) in [6, 6.07) is 0. The van der Waals surface area contributed by atoms with E-state index in [1.165, 1.54) is 13.8 Å². The molecule has 0 spiro atoms. The second-order valence-corrected chi connectivity index (χ2v) is 6.10. The van der Waals surface area contributed by atoms with Crippen molar-refractivity contribution >= 4 is 11.9 Å². The fraction of sp³-hybridized carbons (Fsp3) is 0.778. The van der Waals surface area contributed by atoms with Crippen LogP contribution in [0, 0.1) is 5.92 Å². The predicted octanol–water partition coefficient (Wildman–Crippen LogP) is 2.37. The minimum atomic E-state index is -0.745. The van der Waals surface area contributed by atoms with Crippen LogP contribution in [0.4, 0.5) is 0 Å². The van der Waals surface area contributed by atoms with Crippen LogP contribution in [-0.2, 0) is 19.1 Å². The molecule has 3 atom stereocenters. The van der Waals surface area contributed by atoms with Crippen LogP contribution in [0.25, 0.3) is 0 Å². The van der Waals surface area contributed by atoms with Crippen LogP contribution >= 0.6 is 0 Å².